The zero-order valence-corrected chi connectivity index (χ0v) is 12.4. The molecule has 0 aliphatic rings. The Morgan fingerprint density at radius 1 is 1.29 bits per heavy atom. The van der Waals surface area contributed by atoms with Crippen molar-refractivity contribution >= 4 is 11.8 Å². The van der Waals surface area contributed by atoms with Crippen molar-refractivity contribution in [2.24, 2.45) is 5.92 Å². The molecule has 0 aliphatic heterocycles. The zero-order chi connectivity index (χ0) is 12.7. The SMILES string of the molecule is CCNCc1ccc(SCC(C)CC)c(C)c1. The van der Waals surface area contributed by atoms with Gasteiger partial charge in [-0.2, -0.15) is 0 Å². The summed E-state index contributed by atoms with van der Waals surface area (Å²) < 4.78 is 0. The Morgan fingerprint density at radius 2 is 2.06 bits per heavy atom. The van der Waals surface area contributed by atoms with Crippen LogP contribution in [0.3, 0.4) is 0 Å². The molecule has 0 radical (unpaired) electrons. The number of nitrogens with one attached hydrogen (secondary N) is 1. The lowest BCUT2D eigenvalue weighted by atomic mass is 10.1. The van der Waals surface area contributed by atoms with Gasteiger partial charge in [-0.05, 0) is 36.6 Å². The van der Waals surface area contributed by atoms with Crippen LogP contribution in [0.1, 0.15) is 38.3 Å². The van der Waals surface area contributed by atoms with E-state index in [4.69, 9.17) is 0 Å². The summed E-state index contributed by atoms with van der Waals surface area (Å²) in [6.07, 6.45) is 1.27. The van der Waals surface area contributed by atoms with Gasteiger partial charge in [0.25, 0.3) is 0 Å². The third kappa shape index (κ3) is 5.13. The Labute approximate surface area is 110 Å². The van der Waals surface area contributed by atoms with E-state index in [0.29, 0.717) is 0 Å². The number of aryl methyl sites for hydroxylation is 1. The lowest BCUT2D eigenvalue weighted by Crippen LogP contribution is -2.11. The minimum absolute atomic E-state index is 0.806. The molecular formula is C15H25NS. The molecule has 1 aromatic rings. The Balaban J connectivity index is 2.56. The maximum atomic E-state index is 3.36. The van der Waals surface area contributed by atoms with Crippen molar-refractivity contribution in [2.75, 3.05) is 12.3 Å². The average molecular weight is 251 g/mol. The molecule has 2 heteroatoms. The maximum absolute atomic E-state index is 3.36. The van der Waals surface area contributed by atoms with Gasteiger partial charge in [0, 0.05) is 17.2 Å². The number of hydrogen-bond acceptors (Lipinski definition) is 2. The molecule has 0 heterocycles. The van der Waals surface area contributed by atoms with Gasteiger partial charge in [-0.3, -0.25) is 0 Å². The second-order valence-electron chi connectivity index (χ2n) is 4.70. The van der Waals surface area contributed by atoms with Gasteiger partial charge in [0.2, 0.25) is 0 Å². The van der Waals surface area contributed by atoms with Crippen molar-refractivity contribution in [1.82, 2.24) is 5.32 Å². The van der Waals surface area contributed by atoms with Gasteiger partial charge in [0.05, 0.1) is 0 Å². The zero-order valence-electron chi connectivity index (χ0n) is 11.5. The lowest BCUT2D eigenvalue weighted by Gasteiger charge is -2.11. The average Bonchev–Trinajstić information content (AvgIpc) is 2.34. The summed E-state index contributed by atoms with van der Waals surface area (Å²) in [6, 6.07) is 6.82. The minimum Gasteiger partial charge on any atom is -0.313 e. The van der Waals surface area contributed by atoms with Gasteiger partial charge in [-0.1, -0.05) is 39.3 Å². The first-order valence-electron chi connectivity index (χ1n) is 6.60. The Bertz CT molecular complexity index is 336. The Kier molecular flexibility index (Phi) is 6.68. The quantitative estimate of drug-likeness (QED) is 0.727. The smallest absolute Gasteiger partial charge is 0.0205 e. The molecule has 96 valence electrons. The van der Waals surface area contributed by atoms with Crippen LogP contribution in [0, 0.1) is 12.8 Å². The van der Waals surface area contributed by atoms with Gasteiger partial charge >= 0.3 is 0 Å². The van der Waals surface area contributed by atoms with Crippen molar-refractivity contribution in [1.29, 1.82) is 0 Å². The van der Waals surface area contributed by atoms with Crippen LogP contribution in [0.2, 0.25) is 0 Å². The van der Waals surface area contributed by atoms with Crippen LogP contribution in [0.4, 0.5) is 0 Å². The van der Waals surface area contributed by atoms with Crippen molar-refractivity contribution in [2.45, 2.75) is 45.6 Å². The predicted octanol–water partition coefficient (Wildman–Crippen LogP) is 4.24. The van der Waals surface area contributed by atoms with Crippen LogP contribution in [0.5, 0.6) is 0 Å². The molecular weight excluding hydrogens is 226 g/mol. The fourth-order valence-electron chi connectivity index (χ4n) is 1.60. The van der Waals surface area contributed by atoms with Gasteiger partial charge in [0.15, 0.2) is 0 Å². The van der Waals surface area contributed by atoms with Gasteiger partial charge < -0.3 is 5.32 Å². The standard InChI is InChI=1S/C15H25NS/c1-5-12(3)11-17-15-8-7-14(9-13(15)4)10-16-6-2/h7-9,12,16H,5-6,10-11H2,1-4H3. The van der Waals surface area contributed by atoms with E-state index in [2.05, 4.69) is 51.2 Å². The highest BCUT2D eigenvalue weighted by molar-refractivity contribution is 7.99. The molecule has 1 atom stereocenters. The molecule has 1 rings (SSSR count). The van der Waals surface area contributed by atoms with Gasteiger partial charge in [-0.25, -0.2) is 0 Å². The summed E-state index contributed by atoms with van der Waals surface area (Å²) in [7, 11) is 0. The first-order valence-corrected chi connectivity index (χ1v) is 7.59. The Morgan fingerprint density at radius 3 is 2.65 bits per heavy atom. The molecule has 0 aliphatic carbocycles. The van der Waals surface area contributed by atoms with E-state index in [1.54, 1.807) is 0 Å². The van der Waals surface area contributed by atoms with Crippen molar-refractivity contribution < 1.29 is 0 Å². The van der Waals surface area contributed by atoms with E-state index in [-0.39, 0.29) is 0 Å². The highest BCUT2D eigenvalue weighted by Crippen LogP contribution is 2.26. The topological polar surface area (TPSA) is 12.0 Å². The molecule has 0 bridgehead atoms. The molecule has 0 spiro atoms. The minimum atomic E-state index is 0.806. The van der Waals surface area contributed by atoms with Gasteiger partial charge in [0.1, 0.15) is 0 Å². The van der Waals surface area contributed by atoms with Crippen LogP contribution in [-0.2, 0) is 6.54 Å². The summed E-state index contributed by atoms with van der Waals surface area (Å²) in [5, 5.41) is 3.36. The summed E-state index contributed by atoms with van der Waals surface area (Å²) in [6.45, 7) is 11.0. The number of rotatable bonds is 7. The van der Waals surface area contributed by atoms with Gasteiger partial charge in [-0.15, -0.1) is 11.8 Å². The van der Waals surface area contributed by atoms with E-state index in [1.807, 2.05) is 11.8 Å². The molecule has 0 amide bonds. The van der Waals surface area contributed by atoms with Crippen LogP contribution in [0.15, 0.2) is 23.1 Å². The fraction of sp³-hybridized carbons (Fsp3) is 0.600. The lowest BCUT2D eigenvalue weighted by molar-refractivity contribution is 0.637. The summed E-state index contributed by atoms with van der Waals surface area (Å²) in [5.74, 6) is 2.03. The molecule has 1 unspecified atom stereocenters. The van der Waals surface area contributed by atoms with Crippen LogP contribution in [0.25, 0.3) is 0 Å². The molecule has 0 fully saturated rings. The molecule has 1 nitrogen and oxygen atoms in total. The third-order valence-corrected chi connectivity index (χ3v) is 4.54. The number of hydrogen-bond donors (Lipinski definition) is 1. The molecule has 1 aromatic carbocycles. The number of thioether (sulfide) groups is 1. The highest BCUT2D eigenvalue weighted by atomic mass is 32.2. The van der Waals surface area contributed by atoms with E-state index in [0.717, 1.165) is 19.0 Å². The van der Waals surface area contributed by atoms with Crippen LogP contribution < -0.4 is 5.32 Å². The second-order valence-corrected chi connectivity index (χ2v) is 5.77. The van der Waals surface area contributed by atoms with E-state index < -0.39 is 0 Å². The summed E-state index contributed by atoms with van der Waals surface area (Å²) >= 11 is 1.99. The summed E-state index contributed by atoms with van der Waals surface area (Å²) in [5.41, 5.74) is 2.80. The Hall–Kier alpha value is -0.470. The van der Waals surface area contributed by atoms with E-state index >= 15 is 0 Å². The summed E-state index contributed by atoms with van der Waals surface area (Å²) in [4.78, 5) is 1.44. The molecule has 0 saturated heterocycles. The largest absolute Gasteiger partial charge is 0.313 e. The molecule has 1 N–H and O–H groups in total. The monoisotopic (exact) mass is 251 g/mol. The fourth-order valence-corrected chi connectivity index (χ4v) is 2.75. The second kappa shape index (κ2) is 7.78. The highest BCUT2D eigenvalue weighted by Gasteiger charge is 2.04. The van der Waals surface area contributed by atoms with E-state index in [9.17, 15) is 0 Å². The third-order valence-electron chi connectivity index (χ3n) is 3.04. The van der Waals surface area contributed by atoms with Crippen molar-refractivity contribution in [3.8, 4) is 0 Å². The normalized spacial score (nSPS) is 12.7. The number of benzene rings is 1. The predicted molar refractivity (Wildman–Crippen MR) is 78.7 cm³/mol. The molecule has 17 heavy (non-hydrogen) atoms. The van der Waals surface area contributed by atoms with Crippen molar-refractivity contribution in [3.05, 3.63) is 29.3 Å². The van der Waals surface area contributed by atoms with Crippen LogP contribution >= 0.6 is 11.8 Å². The molecule has 0 aromatic heterocycles. The van der Waals surface area contributed by atoms with Crippen LogP contribution in [-0.4, -0.2) is 12.3 Å². The van der Waals surface area contributed by atoms with Crippen molar-refractivity contribution in [3.63, 3.8) is 0 Å². The first-order chi connectivity index (χ1) is 8.17. The maximum Gasteiger partial charge on any atom is 0.0205 e. The van der Waals surface area contributed by atoms with E-state index in [1.165, 1.54) is 28.2 Å². The molecule has 0 saturated carbocycles. The first kappa shape index (κ1) is 14.6.